The van der Waals surface area contributed by atoms with Crippen molar-refractivity contribution in [1.29, 1.82) is 5.26 Å². The summed E-state index contributed by atoms with van der Waals surface area (Å²) in [5, 5.41) is 22.5. The van der Waals surface area contributed by atoms with Gasteiger partial charge in [-0.2, -0.15) is 5.26 Å². The molecular weight excluding hydrogens is 284 g/mol. The number of aliphatic hydroxyl groups is 1. The molecule has 0 radical (unpaired) electrons. The predicted octanol–water partition coefficient (Wildman–Crippen LogP) is 1.65. The highest BCUT2D eigenvalue weighted by Gasteiger charge is 2.12. The molecule has 17 heavy (non-hydrogen) atoms. The Morgan fingerprint density at radius 2 is 2.24 bits per heavy atom. The van der Waals surface area contributed by atoms with E-state index in [-0.39, 0.29) is 12.4 Å². The smallest absolute Gasteiger partial charge is 0.252 e. The van der Waals surface area contributed by atoms with Crippen LogP contribution in [0.25, 0.3) is 0 Å². The van der Waals surface area contributed by atoms with Crippen LogP contribution >= 0.6 is 15.9 Å². The van der Waals surface area contributed by atoms with E-state index in [1.54, 1.807) is 0 Å². The number of aliphatic hydroxyl groups excluding tert-OH is 1. The summed E-state index contributed by atoms with van der Waals surface area (Å²) in [5.41, 5.74) is 0.779. The molecule has 1 aromatic carbocycles. The van der Waals surface area contributed by atoms with Gasteiger partial charge in [0.15, 0.2) is 0 Å². The molecule has 0 spiro atoms. The standard InChI is InChI=1S/C11H9BrN4O/c12-9-4-2-1-3-8(9)10(17)6-16-7-14-11(5-13)15-16/h1-4,7,10,17H,6H2/t10-/m0/s1. The number of nitrogens with zero attached hydrogens (tertiary/aromatic N) is 4. The lowest BCUT2D eigenvalue weighted by atomic mass is 10.1. The van der Waals surface area contributed by atoms with E-state index < -0.39 is 6.10 Å². The van der Waals surface area contributed by atoms with Crippen molar-refractivity contribution in [1.82, 2.24) is 14.8 Å². The molecule has 1 N–H and O–H groups in total. The van der Waals surface area contributed by atoms with Crippen LogP contribution in [0.15, 0.2) is 35.1 Å². The van der Waals surface area contributed by atoms with Crippen LogP contribution in [0.3, 0.4) is 0 Å². The molecule has 2 rings (SSSR count). The van der Waals surface area contributed by atoms with E-state index in [4.69, 9.17) is 5.26 Å². The SMILES string of the molecule is N#Cc1ncn(C[C@H](O)c2ccccc2Br)n1. The molecule has 1 heterocycles. The largest absolute Gasteiger partial charge is 0.386 e. The van der Waals surface area contributed by atoms with Gasteiger partial charge in [-0.3, -0.25) is 0 Å². The number of aromatic nitrogens is 3. The van der Waals surface area contributed by atoms with E-state index in [9.17, 15) is 5.11 Å². The van der Waals surface area contributed by atoms with E-state index in [0.29, 0.717) is 0 Å². The zero-order valence-corrected chi connectivity index (χ0v) is 10.4. The lowest BCUT2D eigenvalue weighted by Crippen LogP contribution is -2.09. The van der Waals surface area contributed by atoms with E-state index in [2.05, 4.69) is 26.0 Å². The van der Waals surface area contributed by atoms with Crippen molar-refractivity contribution < 1.29 is 5.11 Å². The minimum absolute atomic E-state index is 0.101. The van der Waals surface area contributed by atoms with Crippen LogP contribution < -0.4 is 0 Å². The maximum atomic E-state index is 10.0. The Morgan fingerprint density at radius 3 is 2.88 bits per heavy atom. The molecule has 5 nitrogen and oxygen atoms in total. The second-order valence-corrected chi connectivity index (χ2v) is 4.29. The monoisotopic (exact) mass is 292 g/mol. The highest BCUT2D eigenvalue weighted by molar-refractivity contribution is 9.10. The van der Waals surface area contributed by atoms with E-state index in [0.717, 1.165) is 10.0 Å². The number of rotatable bonds is 3. The summed E-state index contributed by atoms with van der Waals surface area (Å²) in [6.07, 6.45) is 0.734. The van der Waals surface area contributed by atoms with Gasteiger partial charge < -0.3 is 5.11 Å². The van der Waals surface area contributed by atoms with Crippen molar-refractivity contribution in [3.8, 4) is 6.07 Å². The number of benzene rings is 1. The van der Waals surface area contributed by atoms with Gasteiger partial charge in [-0.05, 0) is 11.6 Å². The lowest BCUT2D eigenvalue weighted by molar-refractivity contribution is 0.150. The quantitative estimate of drug-likeness (QED) is 0.933. The molecule has 0 aliphatic heterocycles. The lowest BCUT2D eigenvalue weighted by Gasteiger charge is -2.12. The first-order valence-electron chi connectivity index (χ1n) is 4.92. The molecule has 0 aliphatic rings. The van der Waals surface area contributed by atoms with Crippen LogP contribution in [0.5, 0.6) is 0 Å². The van der Waals surface area contributed by atoms with Crippen LogP contribution in [0.1, 0.15) is 17.5 Å². The van der Waals surface area contributed by atoms with E-state index >= 15 is 0 Å². The van der Waals surface area contributed by atoms with Crippen LogP contribution in [0, 0.1) is 11.3 Å². The van der Waals surface area contributed by atoms with Crippen LogP contribution in [-0.4, -0.2) is 19.9 Å². The summed E-state index contributed by atoms with van der Waals surface area (Å²) in [6, 6.07) is 9.26. The Hall–Kier alpha value is -1.71. The van der Waals surface area contributed by atoms with Crippen molar-refractivity contribution in [2.24, 2.45) is 0 Å². The number of hydrogen-bond acceptors (Lipinski definition) is 4. The molecule has 0 saturated heterocycles. The molecule has 1 atom stereocenters. The molecule has 0 fully saturated rings. The fraction of sp³-hybridized carbons (Fsp3) is 0.182. The second kappa shape index (κ2) is 5.08. The molecule has 6 heteroatoms. The first-order chi connectivity index (χ1) is 8.20. The molecule has 2 aromatic rings. The zero-order chi connectivity index (χ0) is 12.3. The Kier molecular flexibility index (Phi) is 3.52. The van der Waals surface area contributed by atoms with Gasteiger partial charge in [0, 0.05) is 4.47 Å². The molecular formula is C11H9BrN4O. The molecule has 1 aromatic heterocycles. The third-order valence-corrected chi connectivity index (χ3v) is 2.98. The van der Waals surface area contributed by atoms with Crippen molar-refractivity contribution >= 4 is 15.9 Å². The van der Waals surface area contributed by atoms with Gasteiger partial charge in [0.2, 0.25) is 0 Å². The predicted molar refractivity (Wildman–Crippen MR) is 63.8 cm³/mol. The number of hydrogen-bond donors (Lipinski definition) is 1. The normalized spacial score (nSPS) is 12.1. The van der Waals surface area contributed by atoms with Crippen LogP contribution in [-0.2, 0) is 6.54 Å². The van der Waals surface area contributed by atoms with Crippen molar-refractivity contribution in [2.45, 2.75) is 12.6 Å². The molecule has 0 amide bonds. The summed E-state index contributed by atoms with van der Waals surface area (Å²) >= 11 is 3.37. The van der Waals surface area contributed by atoms with Crippen molar-refractivity contribution in [3.05, 3.63) is 46.5 Å². The average molecular weight is 293 g/mol. The minimum atomic E-state index is -0.696. The zero-order valence-electron chi connectivity index (χ0n) is 8.79. The summed E-state index contributed by atoms with van der Waals surface area (Å²) in [5.74, 6) is 0.101. The fourth-order valence-electron chi connectivity index (χ4n) is 1.45. The van der Waals surface area contributed by atoms with Gasteiger partial charge in [-0.25, -0.2) is 9.67 Å². The van der Waals surface area contributed by atoms with Gasteiger partial charge in [-0.1, -0.05) is 34.1 Å². The summed E-state index contributed by atoms with van der Waals surface area (Å²) < 4.78 is 2.29. The van der Waals surface area contributed by atoms with Gasteiger partial charge in [0.25, 0.3) is 5.82 Å². The van der Waals surface area contributed by atoms with Gasteiger partial charge in [0.05, 0.1) is 12.6 Å². The Balaban J connectivity index is 2.14. The fourth-order valence-corrected chi connectivity index (χ4v) is 2.00. The van der Waals surface area contributed by atoms with Gasteiger partial charge >= 0.3 is 0 Å². The highest BCUT2D eigenvalue weighted by Crippen LogP contribution is 2.23. The maximum absolute atomic E-state index is 10.0. The van der Waals surface area contributed by atoms with Gasteiger partial charge in [-0.15, -0.1) is 5.10 Å². The van der Waals surface area contributed by atoms with E-state index in [1.807, 2.05) is 30.3 Å². The summed E-state index contributed by atoms with van der Waals surface area (Å²) in [4.78, 5) is 3.77. The van der Waals surface area contributed by atoms with Crippen LogP contribution in [0.2, 0.25) is 0 Å². The Bertz CT molecular complexity index is 561. The average Bonchev–Trinajstić information content (AvgIpc) is 2.77. The highest BCUT2D eigenvalue weighted by atomic mass is 79.9. The molecule has 0 unspecified atom stereocenters. The Morgan fingerprint density at radius 1 is 1.47 bits per heavy atom. The topological polar surface area (TPSA) is 74.7 Å². The Labute approximate surface area is 106 Å². The summed E-state index contributed by atoms with van der Waals surface area (Å²) in [7, 11) is 0. The molecule has 0 saturated carbocycles. The first kappa shape index (κ1) is 11.8. The third-order valence-electron chi connectivity index (χ3n) is 2.26. The maximum Gasteiger partial charge on any atom is 0.252 e. The molecule has 86 valence electrons. The molecule has 0 bridgehead atoms. The summed E-state index contributed by atoms with van der Waals surface area (Å²) in [6.45, 7) is 0.261. The van der Waals surface area contributed by atoms with Gasteiger partial charge in [0.1, 0.15) is 12.4 Å². The van der Waals surface area contributed by atoms with Crippen LogP contribution in [0.4, 0.5) is 0 Å². The number of halogens is 1. The third kappa shape index (κ3) is 2.70. The number of nitriles is 1. The molecule has 0 aliphatic carbocycles. The minimum Gasteiger partial charge on any atom is -0.386 e. The van der Waals surface area contributed by atoms with Crippen molar-refractivity contribution in [3.63, 3.8) is 0 Å². The first-order valence-corrected chi connectivity index (χ1v) is 5.72. The van der Waals surface area contributed by atoms with Crippen molar-refractivity contribution in [2.75, 3.05) is 0 Å². The van der Waals surface area contributed by atoms with E-state index in [1.165, 1.54) is 11.0 Å². The second-order valence-electron chi connectivity index (χ2n) is 3.44.